The van der Waals surface area contributed by atoms with Gasteiger partial charge in [0.25, 0.3) is 0 Å². The summed E-state index contributed by atoms with van der Waals surface area (Å²) in [6.07, 6.45) is 3.05. The Labute approximate surface area is 197 Å². The normalized spacial score (nSPS) is 15.9. The minimum absolute atomic E-state index is 0.0528. The van der Waals surface area contributed by atoms with Crippen molar-refractivity contribution >= 4 is 44.4 Å². The van der Waals surface area contributed by atoms with Crippen molar-refractivity contribution in [1.82, 2.24) is 20.3 Å². The van der Waals surface area contributed by atoms with Crippen LogP contribution in [-0.2, 0) is 5.75 Å². The molecule has 32 heavy (non-hydrogen) atoms. The fourth-order valence-corrected chi connectivity index (χ4v) is 5.56. The number of hydrogen-bond donors (Lipinski definition) is 4. The summed E-state index contributed by atoms with van der Waals surface area (Å²) in [6, 6.07) is 10.7. The van der Waals surface area contributed by atoms with E-state index in [0.29, 0.717) is 22.8 Å². The second-order valence-corrected chi connectivity index (χ2v) is 10.6. The Kier molecular flexibility index (Phi) is 8.18. The van der Waals surface area contributed by atoms with E-state index in [1.54, 1.807) is 23.1 Å². The molecule has 1 saturated heterocycles. The van der Waals surface area contributed by atoms with Gasteiger partial charge in [0, 0.05) is 11.8 Å². The zero-order chi connectivity index (χ0) is 22.3. The van der Waals surface area contributed by atoms with Gasteiger partial charge in [-0.25, -0.2) is 9.97 Å². The van der Waals surface area contributed by atoms with Crippen LogP contribution in [-0.4, -0.2) is 51.8 Å². The van der Waals surface area contributed by atoms with Crippen LogP contribution in [0.1, 0.15) is 38.7 Å². The number of aliphatic hydroxyl groups excluding tert-OH is 1. The number of thioether (sulfide) groups is 1. The third-order valence-electron chi connectivity index (χ3n) is 5.43. The third kappa shape index (κ3) is 6.31. The first-order chi connectivity index (χ1) is 15.6. The first kappa shape index (κ1) is 23.2. The summed E-state index contributed by atoms with van der Waals surface area (Å²) in [6.45, 7) is 6.45. The van der Waals surface area contributed by atoms with Crippen LogP contribution in [0, 0.1) is 5.92 Å². The molecule has 0 saturated carbocycles. The lowest BCUT2D eigenvalue weighted by Gasteiger charge is -2.23. The molecule has 9 heteroatoms. The largest absolute Gasteiger partial charge is 0.394 e. The van der Waals surface area contributed by atoms with E-state index < -0.39 is 0 Å². The van der Waals surface area contributed by atoms with Crippen LogP contribution in [0.25, 0.3) is 10.3 Å². The van der Waals surface area contributed by atoms with E-state index in [2.05, 4.69) is 41.9 Å². The van der Waals surface area contributed by atoms with Crippen molar-refractivity contribution in [3.8, 4) is 0 Å². The SMILES string of the molecule is CC(C)C[C@H](CO)Nc1nc(SCc2ccccc2)nc2nc(NC3CCNCC3)sc12. The van der Waals surface area contributed by atoms with Crippen molar-refractivity contribution in [2.45, 2.75) is 56.1 Å². The smallest absolute Gasteiger partial charge is 0.191 e. The number of piperidine rings is 1. The molecule has 2 aromatic heterocycles. The number of anilines is 2. The summed E-state index contributed by atoms with van der Waals surface area (Å²) in [4.78, 5) is 14.4. The summed E-state index contributed by atoms with van der Waals surface area (Å²) >= 11 is 3.20. The molecular weight excluding hydrogens is 440 g/mol. The Morgan fingerprint density at radius 1 is 1.16 bits per heavy atom. The fourth-order valence-electron chi connectivity index (χ4n) is 3.83. The van der Waals surface area contributed by atoms with E-state index in [9.17, 15) is 5.11 Å². The Morgan fingerprint density at radius 3 is 2.66 bits per heavy atom. The standard InChI is InChI=1S/C23H32N6OS2/c1-15(2)12-18(13-30)25-20-19-21(29-23(32-19)26-17-8-10-24-11-9-17)28-22(27-20)31-14-16-6-4-3-5-7-16/h3-7,15,17-18,24,30H,8-14H2,1-2H3,(H2,25,26,27,28,29)/t18-/m1/s1. The number of benzene rings is 1. The van der Waals surface area contributed by atoms with E-state index >= 15 is 0 Å². The second kappa shape index (κ2) is 11.3. The highest BCUT2D eigenvalue weighted by Crippen LogP contribution is 2.34. The lowest BCUT2D eigenvalue weighted by molar-refractivity contribution is 0.259. The summed E-state index contributed by atoms with van der Waals surface area (Å²) < 4.78 is 0.938. The van der Waals surface area contributed by atoms with Crippen LogP contribution in [0.15, 0.2) is 35.5 Å². The second-order valence-electron chi connectivity index (χ2n) is 8.62. The molecule has 3 aromatic rings. The maximum atomic E-state index is 9.91. The molecule has 0 bridgehead atoms. The number of hydrogen-bond acceptors (Lipinski definition) is 9. The van der Waals surface area contributed by atoms with Crippen LogP contribution in [0.5, 0.6) is 0 Å². The molecular formula is C23H32N6OS2. The van der Waals surface area contributed by atoms with Crippen LogP contribution >= 0.6 is 23.1 Å². The van der Waals surface area contributed by atoms with Gasteiger partial charge in [0.1, 0.15) is 4.70 Å². The molecule has 1 atom stereocenters. The van der Waals surface area contributed by atoms with Gasteiger partial charge in [0.2, 0.25) is 0 Å². The third-order valence-corrected chi connectivity index (χ3v) is 7.33. The zero-order valence-corrected chi connectivity index (χ0v) is 20.3. The monoisotopic (exact) mass is 472 g/mol. The molecule has 4 N–H and O–H groups in total. The fraction of sp³-hybridized carbons (Fsp3) is 0.522. The van der Waals surface area contributed by atoms with E-state index in [1.165, 1.54) is 5.56 Å². The van der Waals surface area contributed by atoms with Gasteiger partial charge in [-0.15, -0.1) is 0 Å². The van der Waals surface area contributed by atoms with Crippen molar-refractivity contribution < 1.29 is 5.11 Å². The minimum atomic E-state index is -0.0528. The Bertz CT molecular complexity index is 991. The number of thiazole rings is 1. The van der Waals surface area contributed by atoms with Gasteiger partial charge in [-0.05, 0) is 43.8 Å². The molecule has 0 spiro atoms. The van der Waals surface area contributed by atoms with Crippen molar-refractivity contribution in [2.75, 3.05) is 30.3 Å². The van der Waals surface area contributed by atoms with Gasteiger partial charge in [0.15, 0.2) is 21.8 Å². The lowest BCUT2D eigenvalue weighted by atomic mass is 10.0. The summed E-state index contributed by atoms with van der Waals surface area (Å²) in [5.74, 6) is 2.04. The molecule has 1 aromatic carbocycles. The maximum Gasteiger partial charge on any atom is 0.191 e. The molecule has 0 amide bonds. The number of nitrogens with one attached hydrogen (secondary N) is 3. The van der Waals surface area contributed by atoms with Crippen LogP contribution < -0.4 is 16.0 Å². The Balaban J connectivity index is 1.59. The van der Waals surface area contributed by atoms with Gasteiger partial charge in [0.05, 0.1) is 12.6 Å². The summed E-state index contributed by atoms with van der Waals surface area (Å²) in [5, 5.41) is 22.0. The minimum Gasteiger partial charge on any atom is -0.394 e. The van der Waals surface area contributed by atoms with Gasteiger partial charge in [-0.2, -0.15) is 4.98 Å². The van der Waals surface area contributed by atoms with Gasteiger partial charge >= 0.3 is 0 Å². The van der Waals surface area contributed by atoms with E-state index in [-0.39, 0.29) is 12.6 Å². The predicted octanol–water partition coefficient (Wildman–Crippen LogP) is 4.36. The van der Waals surface area contributed by atoms with Crippen LogP contribution in [0.3, 0.4) is 0 Å². The van der Waals surface area contributed by atoms with Gasteiger partial charge < -0.3 is 21.1 Å². The predicted molar refractivity (Wildman–Crippen MR) is 135 cm³/mol. The first-order valence-electron chi connectivity index (χ1n) is 11.3. The topological polar surface area (TPSA) is 95.0 Å². The quantitative estimate of drug-likeness (QED) is 0.255. The number of aromatic nitrogens is 3. The summed E-state index contributed by atoms with van der Waals surface area (Å²) in [7, 11) is 0. The van der Waals surface area contributed by atoms with Crippen molar-refractivity contribution in [1.29, 1.82) is 0 Å². The van der Waals surface area contributed by atoms with Crippen LogP contribution in [0.4, 0.5) is 10.9 Å². The highest BCUT2D eigenvalue weighted by Gasteiger charge is 2.20. The molecule has 1 fully saturated rings. The molecule has 0 aliphatic carbocycles. The van der Waals surface area contributed by atoms with Gasteiger partial charge in [-0.1, -0.05) is 67.3 Å². The molecule has 4 rings (SSSR count). The molecule has 1 aliphatic rings. The summed E-state index contributed by atoms with van der Waals surface area (Å²) in [5.41, 5.74) is 1.94. The highest BCUT2D eigenvalue weighted by molar-refractivity contribution is 7.98. The lowest BCUT2D eigenvalue weighted by Crippen LogP contribution is -2.35. The average Bonchev–Trinajstić information content (AvgIpc) is 3.21. The van der Waals surface area contributed by atoms with Crippen LogP contribution in [0.2, 0.25) is 0 Å². The van der Waals surface area contributed by atoms with E-state index in [1.807, 2.05) is 18.2 Å². The average molecular weight is 473 g/mol. The van der Waals surface area contributed by atoms with Crippen molar-refractivity contribution in [2.24, 2.45) is 5.92 Å². The first-order valence-corrected chi connectivity index (χ1v) is 13.1. The van der Waals surface area contributed by atoms with Gasteiger partial charge in [-0.3, -0.25) is 0 Å². The number of aliphatic hydroxyl groups is 1. The molecule has 0 radical (unpaired) electrons. The zero-order valence-electron chi connectivity index (χ0n) is 18.7. The van der Waals surface area contributed by atoms with E-state index in [0.717, 1.165) is 53.8 Å². The van der Waals surface area contributed by atoms with E-state index in [4.69, 9.17) is 15.0 Å². The Hall–Kier alpha value is -1.94. The molecule has 1 aliphatic heterocycles. The molecule has 3 heterocycles. The molecule has 172 valence electrons. The number of nitrogens with zero attached hydrogens (tertiary/aromatic N) is 3. The number of fused-ring (bicyclic) bond motifs is 1. The Morgan fingerprint density at radius 2 is 1.94 bits per heavy atom. The number of rotatable bonds is 10. The van der Waals surface area contributed by atoms with Crippen molar-refractivity contribution in [3.63, 3.8) is 0 Å². The molecule has 7 nitrogen and oxygen atoms in total. The maximum absolute atomic E-state index is 9.91. The molecule has 0 unspecified atom stereocenters. The van der Waals surface area contributed by atoms with Crippen molar-refractivity contribution in [3.05, 3.63) is 35.9 Å². The highest BCUT2D eigenvalue weighted by atomic mass is 32.2.